The number of urea groups is 1. The van der Waals surface area contributed by atoms with E-state index in [1.807, 2.05) is 13.8 Å². The topological polar surface area (TPSA) is 58.2 Å². The molecule has 0 saturated carbocycles. The number of rotatable bonds is 5. The Morgan fingerprint density at radius 2 is 1.65 bits per heavy atom. The van der Waals surface area contributed by atoms with Gasteiger partial charge < -0.3 is 15.4 Å². The molecule has 0 aromatic rings. The van der Waals surface area contributed by atoms with Crippen LogP contribution in [-0.4, -0.2) is 23.9 Å². The molecule has 0 aromatic heterocycles. The zero-order valence-electron chi connectivity index (χ0n) is 11.9. The molecule has 0 rings (SSSR count). The summed E-state index contributed by atoms with van der Waals surface area (Å²) in [6.07, 6.45) is 1.19. The second-order valence-corrected chi connectivity index (χ2v) is 5.93. The summed E-state index contributed by atoms with van der Waals surface area (Å²) in [5.41, 5.74) is -0.0518. The summed E-state index contributed by atoms with van der Waals surface area (Å²) in [5, 5.41) is 5.74. The minimum Gasteiger partial charge on any atom is -0.336 e. The lowest BCUT2D eigenvalue weighted by atomic mass is 9.84. The predicted molar refractivity (Wildman–Crippen MR) is 70.0 cm³/mol. The molecule has 0 aliphatic heterocycles. The molecule has 0 aromatic carbocycles. The van der Waals surface area contributed by atoms with Crippen LogP contribution < -0.4 is 10.6 Å². The molecule has 17 heavy (non-hydrogen) atoms. The van der Waals surface area contributed by atoms with E-state index in [2.05, 4.69) is 31.4 Å². The zero-order valence-corrected chi connectivity index (χ0v) is 11.9. The maximum Gasteiger partial charge on any atom is 0.315 e. The molecule has 2 N–H and O–H groups in total. The zero-order chi connectivity index (χ0) is 13.6. The van der Waals surface area contributed by atoms with Gasteiger partial charge in [0.2, 0.25) is 0 Å². The summed E-state index contributed by atoms with van der Waals surface area (Å²) in [7, 11) is 0. The fourth-order valence-corrected chi connectivity index (χ4v) is 1.53. The summed E-state index contributed by atoms with van der Waals surface area (Å²) in [6, 6.07) is -0.0444. The fraction of sp³-hybridized carbons (Fsp3) is 0.846. The van der Waals surface area contributed by atoms with Crippen LogP contribution in [0.15, 0.2) is 0 Å². The number of carbonyl (C=O) groups is 2. The van der Waals surface area contributed by atoms with Gasteiger partial charge in [0.15, 0.2) is 0 Å². The molecular formula is C13H26N2O2. The molecule has 4 nitrogen and oxygen atoms in total. The largest absolute Gasteiger partial charge is 0.336 e. The molecule has 0 spiro atoms. The molecule has 0 aliphatic carbocycles. The second-order valence-electron chi connectivity index (χ2n) is 5.93. The third kappa shape index (κ3) is 7.77. The maximum absolute atomic E-state index is 11.6. The molecule has 0 heterocycles. The number of hydrogen-bond acceptors (Lipinski definition) is 2. The van der Waals surface area contributed by atoms with Crippen molar-refractivity contribution >= 4 is 11.8 Å². The highest BCUT2D eigenvalue weighted by atomic mass is 16.2. The van der Waals surface area contributed by atoms with Gasteiger partial charge in [-0.3, -0.25) is 0 Å². The first kappa shape index (κ1) is 15.9. The molecule has 0 bridgehead atoms. The maximum atomic E-state index is 11.6. The van der Waals surface area contributed by atoms with Gasteiger partial charge in [0.1, 0.15) is 5.78 Å². The Bertz CT molecular complexity index is 267. The van der Waals surface area contributed by atoms with Gasteiger partial charge in [0.25, 0.3) is 0 Å². The van der Waals surface area contributed by atoms with Crippen molar-refractivity contribution in [3.8, 4) is 0 Å². The van der Waals surface area contributed by atoms with Crippen molar-refractivity contribution in [1.82, 2.24) is 10.6 Å². The average molecular weight is 242 g/mol. The Morgan fingerprint density at radius 1 is 1.12 bits per heavy atom. The Hall–Kier alpha value is -1.06. The second kappa shape index (κ2) is 6.62. The van der Waals surface area contributed by atoms with Crippen LogP contribution in [0.25, 0.3) is 0 Å². The van der Waals surface area contributed by atoms with E-state index in [-0.39, 0.29) is 29.3 Å². The number of nitrogens with one attached hydrogen (secondary N) is 2. The van der Waals surface area contributed by atoms with E-state index in [0.29, 0.717) is 12.8 Å². The van der Waals surface area contributed by atoms with Crippen LogP contribution in [0, 0.1) is 5.41 Å². The van der Waals surface area contributed by atoms with Gasteiger partial charge in [-0.05, 0) is 32.6 Å². The van der Waals surface area contributed by atoms with Crippen LogP contribution >= 0.6 is 0 Å². The third-order valence-electron chi connectivity index (χ3n) is 2.56. The number of amides is 2. The van der Waals surface area contributed by atoms with Crippen molar-refractivity contribution in [2.45, 2.75) is 66.5 Å². The van der Waals surface area contributed by atoms with Gasteiger partial charge in [-0.1, -0.05) is 20.8 Å². The van der Waals surface area contributed by atoms with Gasteiger partial charge in [-0.25, -0.2) is 4.79 Å². The van der Waals surface area contributed by atoms with Crippen molar-refractivity contribution in [1.29, 1.82) is 0 Å². The first-order valence-electron chi connectivity index (χ1n) is 6.19. The Balaban J connectivity index is 4.39. The number of Topliss-reactive ketones (excluding diaryl/α,β-unsaturated/α-hetero) is 1. The summed E-state index contributed by atoms with van der Waals surface area (Å²) >= 11 is 0. The first-order chi connectivity index (χ1) is 7.62. The van der Waals surface area contributed by atoms with Crippen molar-refractivity contribution in [3.05, 3.63) is 0 Å². The molecule has 100 valence electrons. The minimum absolute atomic E-state index is 0.00477. The lowest BCUT2D eigenvalue weighted by molar-refractivity contribution is -0.117. The predicted octanol–water partition coefficient (Wildman–Crippen LogP) is 2.48. The summed E-state index contributed by atoms with van der Waals surface area (Å²) in [6.45, 7) is 11.6. The van der Waals surface area contributed by atoms with Gasteiger partial charge >= 0.3 is 6.03 Å². The lowest BCUT2D eigenvalue weighted by Gasteiger charge is -2.31. The standard InChI is InChI=1S/C13H26N2O2/c1-9(2)14-12(17)15-11(13(4,5)6)8-7-10(3)16/h9,11H,7-8H2,1-6H3,(H2,14,15,17). The Morgan fingerprint density at radius 3 is 2.00 bits per heavy atom. The average Bonchev–Trinajstić information content (AvgIpc) is 2.08. The smallest absolute Gasteiger partial charge is 0.315 e. The van der Waals surface area contributed by atoms with E-state index in [4.69, 9.17) is 0 Å². The van der Waals surface area contributed by atoms with Crippen LogP contribution in [-0.2, 0) is 4.79 Å². The Labute approximate surface area is 105 Å². The van der Waals surface area contributed by atoms with Crippen LogP contribution in [0.1, 0.15) is 54.4 Å². The molecule has 1 atom stereocenters. The van der Waals surface area contributed by atoms with Gasteiger partial charge in [0, 0.05) is 18.5 Å². The van der Waals surface area contributed by atoms with E-state index in [0.717, 1.165) is 0 Å². The van der Waals surface area contributed by atoms with Crippen LogP contribution in [0.5, 0.6) is 0 Å². The van der Waals surface area contributed by atoms with Gasteiger partial charge in [0.05, 0.1) is 0 Å². The van der Waals surface area contributed by atoms with Gasteiger partial charge in [-0.15, -0.1) is 0 Å². The van der Waals surface area contributed by atoms with Crippen molar-refractivity contribution in [2.24, 2.45) is 5.41 Å². The quantitative estimate of drug-likeness (QED) is 0.778. The molecule has 0 saturated heterocycles. The lowest BCUT2D eigenvalue weighted by Crippen LogP contribution is -2.49. The molecule has 0 radical (unpaired) electrons. The summed E-state index contributed by atoms with van der Waals surface area (Å²) in [4.78, 5) is 22.7. The molecular weight excluding hydrogens is 216 g/mol. The monoisotopic (exact) mass is 242 g/mol. The highest BCUT2D eigenvalue weighted by molar-refractivity contribution is 5.76. The van der Waals surface area contributed by atoms with E-state index in [9.17, 15) is 9.59 Å². The van der Waals surface area contributed by atoms with Crippen molar-refractivity contribution in [3.63, 3.8) is 0 Å². The van der Waals surface area contributed by atoms with Crippen LogP contribution in [0.2, 0.25) is 0 Å². The van der Waals surface area contributed by atoms with E-state index >= 15 is 0 Å². The SMILES string of the molecule is CC(=O)CCC(NC(=O)NC(C)C)C(C)(C)C. The number of carbonyl (C=O) groups excluding carboxylic acids is 2. The minimum atomic E-state index is -0.163. The number of ketones is 1. The summed E-state index contributed by atoms with van der Waals surface area (Å²) in [5.74, 6) is 0.158. The third-order valence-corrected chi connectivity index (χ3v) is 2.56. The van der Waals surface area contributed by atoms with E-state index in [1.54, 1.807) is 6.92 Å². The molecule has 2 amide bonds. The normalized spacial score (nSPS) is 13.4. The van der Waals surface area contributed by atoms with Crippen LogP contribution in [0.4, 0.5) is 4.79 Å². The first-order valence-corrected chi connectivity index (χ1v) is 6.19. The number of hydrogen-bond donors (Lipinski definition) is 2. The van der Waals surface area contributed by atoms with Crippen molar-refractivity contribution in [2.75, 3.05) is 0 Å². The van der Waals surface area contributed by atoms with Crippen LogP contribution in [0.3, 0.4) is 0 Å². The fourth-order valence-electron chi connectivity index (χ4n) is 1.53. The highest BCUT2D eigenvalue weighted by Crippen LogP contribution is 2.22. The van der Waals surface area contributed by atoms with Gasteiger partial charge in [-0.2, -0.15) is 0 Å². The highest BCUT2D eigenvalue weighted by Gasteiger charge is 2.26. The molecule has 0 fully saturated rings. The van der Waals surface area contributed by atoms with Crippen molar-refractivity contribution < 1.29 is 9.59 Å². The van der Waals surface area contributed by atoms with E-state index < -0.39 is 0 Å². The summed E-state index contributed by atoms with van der Waals surface area (Å²) < 4.78 is 0. The Kier molecular flexibility index (Phi) is 6.21. The molecule has 0 aliphatic rings. The van der Waals surface area contributed by atoms with E-state index in [1.165, 1.54) is 0 Å². The molecule has 1 unspecified atom stereocenters. The molecule has 4 heteroatoms.